The molecule has 0 radical (unpaired) electrons. The molecule has 0 rings (SSSR count). The number of rotatable bonds is 35. The van der Waals surface area contributed by atoms with Gasteiger partial charge in [0.2, 0.25) is 0 Å². The lowest BCUT2D eigenvalue weighted by Crippen LogP contribution is -2.50. The highest BCUT2D eigenvalue weighted by atomic mass is 16.6. The van der Waals surface area contributed by atoms with Gasteiger partial charge in [-0.1, -0.05) is 148 Å². The Balaban J connectivity index is 4.57. The number of hydrogen-bond donors (Lipinski definition) is 1. The zero-order valence-electron chi connectivity index (χ0n) is 36.4. The molecule has 0 amide bonds. The van der Waals surface area contributed by atoms with E-state index in [1.54, 1.807) is 0 Å². The number of hydrogen-bond acceptors (Lipinski definition) is 6. The third-order valence-electron chi connectivity index (χ3n) is 8.42. The molecule has 0 bridgehead atoms. The van der Waals surface area contributed by atoms with Crippen LogP contribution in [0.25, 0.3) is 0 Å². The molecular formula is C50H76NO7+. The van der Waals surface area contributed by atoms with Crippen molar-refractivity contribution in [2.75, 3.05) is 41.0 Å². The lowest BCUT2D eigenvalue weighted by atomic mass is 10.1. The smallest absolute Gasteiger partial charge is 0.362 e. The SMILES string of the molecule is CC/C=C/C=C/C=C/C=C/C=C/CCCC(=O)OCC(COCCC(C(=O)O)[N+](C)(C)C)OC(=O)CCCC/C=C/C/C=C/C/C=C/C/C=C/C/C=C/C/C=C/CC. The summed E-state index contributed by atoms with van der Waals surface area (Å²) in [5, 5.41) is 9.61. The largest absolute Gasteiger partial charge is 0.477 e. The number of aliphatic carboxylic acids is 1. The van der Waals surface area contributed by atoms with E-state index in [1.165, 1.54) is 0 Å². The van der Waals surface area contributed by atoms with E-state index < -0.39 is 18.1 Å². The maximum atomic E-state index is 12.7. The average molecular weight is 803 g/mol. The summed E-state index contributed by atoms with van der Waals surface area (Å²) >= 11 is 0. The van der Waals surface area contributed by atoms with Crippen molar-refractivity contribution < 1.29 is 38.2 Å². The van der Waals surface area contributed by atoms with Crippen molar-refractivity contribution in [1.29, 1.82) is 0 Å². The Kier molecular flexibility index (Phi) is 36.2. The van der Waals surface area contributed by atoms with Crippen LogP contribution in [0.4, 0.5) is 0 Å². The van der Waals surface area contributed by atoms with Gasteiger partial charge in [0.15, 0.2) is 12.1 Å². The van der Waals surface area contributed by atoms with E-state index in [0.717, 1.165) is 64.2 Å². The number of ether oxygens (including phenoxy) is 3. The number of carboxylic acids is 1. The van der Waals surface area contributed by atoms with Crippen LogP contribution in [-0.4, -0.2) is 80.6 Å². The number of carboxylic acid groups (broad SMARTS) is 1. The molecule has 0 aliphatic carbocycles. The Hall–Kier alpha value is -4.53. The summed E-state index contributed by atoms with van der Waals surface area (Å²) in [6, 6.07) is -0.642. The lowest BCUT2D eigenvalue weighted by Gasteiger charge is -2.31. The van der Waals surface area contributed by atoms with Gasteiger partial charge in [-0.15, -0.1) is 0 Å². The summed E-state index contributed by atoms with van der Waals surface area (Å²) in [6.07, 6.45) is 56.6. The monoisotopic (exact) mass is 803 g/mol. The molecule has 0 saturated heterocycles. The second-order valence-corrected chi connectivity index (χ2v) is 14.6. The summed E-state index contributed by atoms with van der Waals surface area (Å²) < 4.78 is 17.1. The van der Waals surface area contributed by atoms with Crippen LogP contribution in [0.3, 0.4) is 0 Å². The van der Waals surface area contributed by atoms with E-state index in [2.05, 4.69) is 92.8 Å². The Morgan fingerprint density at radius 3 is 1.52 bits per heavy atom. The molecule has 0 aromatic carbocycles. The van der Waals surface area contributed by atoms with Crippen molar-refractivity contribution in [2.24, 2.45) is 0 Å². The highest BCUT2D eigenvalue weighted by Gasteiger charge is 2.31. The number of unbranched alkanes of at least 4 members (excludes halogenated alkanes) is 3. The second kappa shape index (κ2) is 39.3. The van der Waals surface area contributed by atoms with Crippen LogP contribution >= 0.6 is 0 Å². The van der Waals surface area contributed by atoms with Crippen molar-refractivity contribution in [2.45, 2.75) is 122 Å². The van der Waals surface area contributed by atoms with E-state index in [0.29, 0.717) is 19.3 Å². The summed E-state index contributed by atoms with van der Waals surface area (Å²) in [4.78, 5) is 36.9. The molecule has 0 aromatic rings. The Morgan fingerprint density at radius 2 is 1.00 bits per heavy atom. The zero-order chi connectivity index (χ0) is 42.8. The predicted molar refractivity (Wildman–Crippen MR) is 242 cm³/mol. The summed E-state index contributed by atoms with van der Waals surface area (Å²) in [7, 11) is 5.46. The molecule has 0 fully saturated rings. The molecule has 0 saturated carbocycles. The standard InChI is InChI=1S/C50H75NO7/c1-6-8-10-12-14-16-18-20-21-22-23-24-25-26-27-29-31-33-35-37-39-41-49(53)58-46(44-56-43-42-47(50(54)55)51(3,4)5)45-57-48(52)40-38-36-34-32-30-28-19-17-15-13-11-9-7-2/h8-11,13-17,19-21,23-24,26-28,30-34,46-47H,6-7,12,18,22,25,29,35-45H2,1-5H3/p+1/b10-8+,11-9+,15-13+,16-14+,19-17+,21-20+,24-23+,27-26+,30-28+,33-31+,34-32+. The number of esters is 2. The van der Waals surface area contributed by atoms with Crippen LogP contribution < -0.4 is 0 Å². The van der Waals surface area contributed by atoms with Crippen molar-refractivity contribution in [3.63, 3.8) is 0 Å². The first-order chi connectivity index (χ1) is 28.1. The van der Waals surface area contributed by atoms with E-state index in [-0.39, 0.29) is 49.1 Å². The van der Waals surface area contributed by atoms with Crippen LogP contribution in [0, 0.1) is 0 Å². The number of carbonyl (C=O) groups excluding carboxylic acids is 2. The highest BCUT2D eigenvalue weighted by Crippen LogP contribution is 2.11. The Bertz CT molecular complexity index is 1400. The lowest BCUT2D eigenvalue weighted by molar-refractivity contribution is -0.887. The van der Waals surface area contributed by atoms with Crippen molar-refractivity contribution in [3.8, 4) is 0 Å². The maximum Gasteiger partial charge on any atom is 0.362 e. The molecule has 8 nitrogen and oxygen atoms in total. The van der Waals surface area contributed by atoms with Gasteiger partial charge in [-0.05, 0) is 77.0 Å². The molecule has 58 heavy (non-hydrogen) atoms. The summed E-state index contributed by atoms with van der Waals surface area (Å²) in [5.41, 5.74) is 0. The maximum absolute atomic E-state index is 12.7. The van der Waals surface area contributed by atoms with Crippen LogP contribution in [0.2, 0.25) is 0 Å². The molecule has 0 heterocycles. The van der Waals surface area contributed by atoms with Crippen molar-refractivity contribution >= 4 is 17.9 Å². The summed E-state index contributed by atoms with van der Waals surface area (Å²) in [6.45, 7) is 4.31. The third-order valence-corrected chi connectivity index (χ3v) is 8.42. The summed E-state index contributed by atoms with van der Waals surface area (Å²) in [5.74, 6) is -1.65. The van der Waals surface area contributed by atoms with Gasteiger partial charge in [-0.3, -0.25) is 9.59 Å². The van der Waals surface area contributed by atoms with Gasteiger partial charge in [0, 0.05) is 19.3 Å². The van der Waals surface area contributed by atoms with Crippen LogP contribution in [0.1, 0.15) is 110 Å². The quantitative estimate of drug-likeness (QED) is 0.0224. The van der Waals surface area contributed by atoms with Gasteiger partial charge >= 0.3 is 17.9 Å². The number of carbonyl (C=O) groups is 3. The minimum atomic E-state index is -0.900. The molecule has 2 unspecified atom stereocenters. The molecule has 0 aromatic heterocycles. The second-order valence-electron chi connectivity index (χ2n) is 14.6. The van der Waals surface area contributed by atoms with Gasteiger partial charge in [0.1, 0.15) is 6.61 Å². The van der Waals surface area contributed by atoms with Crippen LogP contribution in [0.15, 0.2) is 134 Å². The first-order valence-electron chi connectivity index (χ1n) is 21.3. The van der Waals surface area contributed by atoms with E-state index in [1.807, 2.05) is 75.8 Å². The minimum Gasteiger partial charge on any atom is -0.477 e. The molecule has 0 spiro atoms. The van der Waals surface area contributed by atoms with E-state index >= 15 is 0 Å². The first-order valence-corrected chi connectivity index (χ1v) is 21.3. The van der Waals surface area contributed by atoms with Crippen molar-refractivity contribution in [3.05, 3.63) is 134 Å². The fraction of sp³-hybridized carbons (Fsp3) is 0.500. The third kappa shape index (κ3) is 37.1. The Labute approximate surface area is 352 Å². The van der Waals surface area contributed by atoms with Gasteiger partial charge in [0.05, 0.1) is 34.4 Å². The molecule has 322 valence electrons. The van der Waals surface area contributed by atoms with Crippen LogP contribution in [-0.2, 0) is 28.6 Å². The molecule has 0 aliphatic rings. The predicted octanol–water partition coefficient (Wildman–Crippen LogP) is 11.6. The topological polar surface area (TPSA) is 99.1 Å². The number of nitrogens with zero attached hydrogens (tertiary/aromatic N) is 1. The molecular weight excluding hydrogens is 727 g/mol. The average Bonchev–Trinajstić information content (AvgIpc) is 3.18. The Morgan fingerprint density at radius 1 is 0.534 bits per heavy atom. The molecule has 1 N–H and O–H groups in total. The normalized spacial score (nSPS) is 14.3. The van der Waals surface area contributed by atoms with E-state index in [9.17, 15) is 19.5 Å². The minimum absolute atomic E-state index is 0.00971. The number of allylic oxidation sites excluding steroid dienone is 22. The molecule has 2 atom stereocenters. The first kappa shape index (κ1) is 53.5. The number of likely N-dealkylation sites (N-methyl/N-ethyl adjacent to an activating group) is 1. The van der Waals surface area contributed by atoms with Gasteiger partial charge in [-0.25, -0.2) is 4.79 Å². The number of quaternary nitrogens is 1. The van der Waals surface area contributed by atoms with Crippen LogP contribution in [0.5, 0.6) is 0 Å². The molecule has 8 heteroatoms. The fourth-order valence-corrected chi connectivity index (χ4v) is 5.18. The highest BCUT2D eigenvalue weighted by molar-refractivity contribution is 5.72. The van der Waals surface area contributed by atoms with E-state index in [4.69, 9.17) is 14.2 Å². The van der Waals surface area contributed by atoms with Gasteiger partial charge < -0.3 is 23.8 Å². The fourth-order valence-electron chi connectivity index (χ4n) is 5.18. The van der Waals surface area contributed by atoms with Gasteiger partial charge in [-0.2, -0.15) is 0 Å². The van der Waals surface area contributed by atoms with Gasteiger partial charge in [0.25, 0.3) is 0 Å². The zero-order valence-corrected chi connectivity index (χ0v) is 36.4. The molecule has 0 aliphatic heterocycles. The van der Waals surface area contributed by atoms with Crippen molar-refractivity contribution in [1.82, 2.24) is 0 Å².